The number of benzene rings is 1. The number of alkyl halides is 2. The standard InChI is InChI=1S/C8H9Cl2P/c9-6-11(7-10)8-4-2-1-3-5-8/h1-5H,6-7H2. The molecule has 1 rings (SSSR count). The predicted molar refractivity (Wildman–Crippen MR) is 54.4 cm³/mol. The van der Waals surface area contributed by atoms with Gasteiger partial charge in [0.25, 0.3) is 0 Å². The molecular formula is C8H9Cl2P. The van der Waals surface area contributed by atoms with Crippen LogP contribution in [0.15, 0.2) is 30.3 Å². The lowest BCUT2D eigenvalue weighted by Crippen LogP contribution is -2.00. The molecule has 0 saturated heterocycles. The first kappa shape index (κ1) is 9.32. The molecular weight excluding hydrogens is 198 g/mol. The highest BCUT2D eigenvalue weighted by Crippen LogP contribution is 2.36. The molecule has 0 fully saturated rings. The Kier molecular flexibility index (Phi) is 4.22. The van der Waals surface area contributed by atoms with Gasteiger partial charge in [0.1, 0.15) is 0 Å². The Morgan fingerprint density at radius 3 is 2.00 bits per heavy atom. The van der Waals surface area contributed by atoms with E-state index in [1.807, 2.05) is 18.2 Å². The minimum absolute atomic E-state index is 0.320. The van der Waals surface area contributed by atoms with Crippen molar-refractivity contribution >= 4 is 36.4 Å². The molecule has 0 unspecified atom stereocenters. The zero-order valence-corrected chi connectivity index (χ0v) is 8.41. The van der Waals surface area contributed by atoms with Crippen molar-refractivity contribution < 1.29 is 0 Å². The highest BCUT2D eigenvalue weighted by molar-refractivity contribution is 7.68. The maximum Gasteiger partial charge on any atom is 0.0476 e. The van der Waals surface area contributed by atoms with Crippen LogP contribution >= 0.6 is 31.1 Å². The summed E-state index contributed by atoms with van der Waals surface area (Å²) in [7, 11) is -0.320. The Morgan fingerprint density at radius 1 is 1.00 bits per heavy atom. The average molecular weight is 207 g/mol. The maximum atomic E-state index is 5.75. The molecule has 0 atom stereocenters. The number of halogens is 2. The lowest BCUT2D eigenvalue weighted by molar-refractivity contribution is 1.76. The summed E-state index contributed by atoms with van der Waals surface area (Å²) in [5.41, 5.74) is 1.31. The second-order valence-corrected chi connectivity index (χ2v) is 5.62. The fraction of sp³-hybridized carbons (Fsp3) is 0.250. The van der Waals surface area contributed by atoms with Crippen molar-refractivity contribution in [3.8, 4) is 0 Å². The molecule has 0 bridgehead atoms. The quantitative estimate of drug-likeness (QED) is 0.527. The Morgan fingerprint density at radius 2 is 1.55 bits per heavy atom. The van der Waals surface area contributed by atoms with E-state index in [9.17, 15) is 0 Å². The molecule has 0 nitrogen and oxygen atoms in total. The van der Waals surface area contributed by atoms with Crippen LogP contribution in [0.5, 0.6) is 0 Å². The molecule has 3 heteroatoms. The fourth-order valence-corrected chi connectivity index (χ4v) is 3.34. The molecule has 0 aromatic heterocycles. The molecule has 60 valence electrons. The molecule has 0 N–H and O–H groups in total. The zero-order chi connectivity index (χ0) is 8.10. The Bertz CT molecular complexity index is 197. The van der Waals surface area contributed by atoms with E-state index in [-0.39, 0.29) is 7.92 Å². The Hall–Kier alpha value is 0.230. The Labute approximate surface area is 78.3 Å². The van der Waals surface area contributed by atoms with Crippen molar-refractivity contribution in [2.75, 3.05) is 11.2 Å². The summed E-state index contributed by atoms with van der Waals surface area (Å²) in [6, 6.07) is 10.2. The molecule has 0 aliphatic heterocycles. The van der Waals surface area contributed by atoms with Gasteiger partial charge in [-0.15, -0.1) is 23.2 Å². The van der Waals surface area contributed by atoms with Crippen LogP contribution in [0.2, 0.25) is 0 Å². The van der Waals surface area contributed by atoms with Gasteiger partial charge >= 0.3 is 0 Å². The van der Waals surface area contributed by atoms with Crippen LogP contribution in [0.4, 0.5) is 0 Å². The van der Waals surface area contributed by atoms with Crippen LogP contribution in [-0.2, 0) is 0 Å². The van der Waals surface area contributed by atoms with Gasteiger partial charge in [-0.25, -0.2) is 0 Å². The summed E-state index contributed by atoms with van der Waals surface area (Å²) in [4.78, 5) is 0. The SMILES string of the molecule is ClCP(CCl)c1ccccc1. The monoisotopic (exact) mass is 206 g/mol. The molecule has 0 radical (unpaired) electrons. The maximum absolute atomic E-state index is 5.75. The molecule has 0 saturated carbocycles. The van der Waals surface area contributed by atoms with Gasteiger partial charge in [0.05, 0.1) is 0 Å². The second kappa shape index (κ2) is 4.98. The molecule has 0 aliphatic carbocycles. The van der Waals surface area contributed by atoms with E-state index in [1.165, 1.54) is 5.30 Å². The van der Waals surface area contributed by atoms with E-state index >= 15 is 0 Å². The van der Waals surface area contributed by atoms with Crippen molar-refractivity contribution in [1.29, 1.82) is 0 Å². The van der Waals surface area contributed by atoms with Crippen molar-refractivity contribution in [3.63, 3.8) is 0 Å². The van der Waals surface area contributed by atoms with E-state index in [1.54, 1.807) is 0 Å². The third-order valence-corrected chi connectivity index (χ3v) is 4.75. The minimum atomic E-state index is -0.320. The predicted octanol–water partition coefficient (Wildman–Crippen LogP) is 3.19. The lowest BCUT2D eigenvalue weighted by Gasteiger charge is -2.09. The van der Waals surface area contributed by atoms with Gasteiger partial charge in [0.15, 0.2) is 0 Å². The topological polar surface area (TPSA) is 0 Å². The summed E-state index contributed by atoms with van der Waals surface area (Å²) in [5, 5.41) is 1.28. The van der Waals surface area contributed by atoms with E-state index in [0.717, 1.165) is 0 Å². The van der Waals surface area contributed by atoms with Crippen LogP contribution in [0, 0.1) is 0 Å². The van der Waals surface area contributed by atoms with Gasteiger partial charge in [-0.1, -0.05) is 30.3 Å². The molecule has 0 heterocycles. The van der Waals surface area contributed by atoms with E-state index in [0.29, 0.717) is 11.2 Å². The molecule has 0 amide bonds. The van der Waals surface area contributed by atoms with Crippen LogP contribution in [0.1, 0.15) is 0 Å². The largest absolute Gasteiger partial charge is 0.121 e. The third-order valence-electron chi connectivity index (χ3n) is 1.41. The van der Waals surface area contributed by atoms with Crippen LogP contribution in [0.3, 0.4) is 0 Å². The highest BCUT2D eigenvalue weighted by atomic mass is 35.5. The number of rotatable bonds is 3. The van der Waals surface area contributed by atoms with E-state index < -0.39 is 0 Å². The van der Waals surface area contributed by atoms with Gasteiger partial charge < -0.3 is 0 Å². The molecule has 0 spiro atoms. The van der Waals surface area contributed by atoms with Gasteiger partial charge in [-0.05, 0) is 13.2 Å². The van der Waals surface area contributed by atoms with Gasteiger partial charge in [0.2, 0.25) is 0 Å². The first-order valence-corrected chi connectivity index (χ1v) is 6.08. The van der Waals surface area contributed by atoms with E-state index in [4.69, 9.17) is 23.2 Å². The summed E-state index contributed by atoms with van der Waals surface area (Å²) in [6.07, 6.45) is 0. The van der Waals surface area contributed by atoms with Crippen molar-refractivity contribution in [3.05, 3.63) is 30.3 Å². The summed E-state index contributed by atoms with van der Waals surface area (Å²) >= 11 is 11.5. The minimum Gasteiger partial charge on any atom is -0.121 e. The Balaban J connectivity index is 2.74. The molecule has 0 aliphatic rings. The zero-order valence-electron chi connectivity index (χ0n) is 6.00. The third kappa shape index (κ3) is 2.63. The van der Waals surface area contributed by atoms with Crippen molar-refractivity contribution in [1.82, 2.24) is 0 Å². The first-order valence-electron chi connectivity index (χ1n) is 3.30. The fourth-order valence-electron chi connectivity index (χ4n) is 0.809. The van der Waals surface area contributed by atoms with Crippen LogP contribution < -0.4 is 5.30 Å². The van der Waals surface area contributed by atoms with Gasteiger partial charge in [-0.3, -0.25) is 0 Å². The lowest BCUT2D eigenvalue weighted by atomic mass is 10.4. The van der Waals surface area contributed by atoms with Crippen LogP contribution in [-0.4, -0.2) is 11.2 Å². The summed E-state index contributed by atoms with van der Waals surface area (Å²) in [5.74, 6) is 0. The molecule has 1 aromatic carbocycles. The molecule has 11 heavy (non-hydrogen) atoms. The van der Waals surface area contributed by atoms with Gasteiger partial charge in [0, 0.05) is 11.2 Å². The molecule has 1 aromatic rings. The summed E-state index contributed by atoms with van der Waals surface area (Å²) < 4.78 is 0. The normalized spacial score (nSPS) is 10.5. The van der Waals surface area contributed by atoms with Crippen molar-refractivity contribution in [2.45, 2.75) is 0 Å². The van der Waals surface area contributed by atoms with E-state index in [2.05, 4.69) is 12.1 Å². The van der Waals surface area contributed by atoms with Crippen molar-refractivity contribution in [2.24, 2.45) is 0 Å². The number of hydrogen-bond acceptors (Lipinski definition) is 0. The van der Waals surface area contributed by atoms with Crippen LogP contribution in [0.25, 0.3) is 0 Å². The first-order chi connectivity index (χ1) is 5.38. The number of hydrogen-bond donors (Lipinski definition) is 0. The summed E-state index contributed by atoms with van der Waals surface area (Å²) in [6.45, 7) is 0. The average Bonchev–Trinajstić information content (AvgIpc) is 2.09. The highest BCUT2D eigenvalue weighted by Gasteiger charge is 2.05. The smallest absolute Gasteiger partial charge is 0.0476 e. The van der Waals surface area contributed by atoms with Gasteiger partial charge in [-0.2, -0.15) is 0 Å². The second-order valence-electron chi connectivity index (χ2n) is 2.11.